The van der Waals surface area contributed by atoms with Crippen molar-refractivity contribution >= 4 is 43.5 Å². The van der Waals surface area contributed by atoms with Gasteiger partial charge in [-0.1, -0.05) is 11.6 Å². The second-order valence-corrected chi connectivity index (χ2v) is 5.01. The number of nitrogens with zero attached hydrogens (tertiary/aromatic N) is 4. The Hall–Kier alpha value is -0.670. The van der Waals surface area contributed by atoms with Gasteiger partial charge in [0.05, 0.1) is 10.6 Å². The van der Waals surface area contributed by atoms with Crippen LogP contribution in [0, 0.1) is 0 Å². The van der Waals surface area contributed by atoms with Crippen LogP contribution in [0.25, 0.3) is 5.82 Å². The van der Waals surface area contributed by atoms with Crippen molar-refractivity contribution in [2.75, 3.05) is 0 Å². The van der Waals surface area contributed by atoms with E-state index >= 15 is 0 Å². The minimum absolute atomic E-state index is 0.0102. The van der Waals surface area contributed by atoms with Crippen LogP contribution in [0.1, 0.15) is 5.56 Å². The van der Waals surface area contributed by atoms with Crippen LogP contribution in [0.15, 0.2) is 21.5 Å². The smallest absolute Gasteiger partial charge is 0.234 e. The van der Waals surface area contributed by atoms with E-state index in [0.29, 0.717) is 15.4 Å². The van der Waals surface area contributed by atoms with Crippen molar-refractivity contribution < 1.29 is 13.2 Å². The number of hydrogen-bond acceptors (Lipinski definition) is 3. The molecule has 0 atom stereocenters. The van der Waals surface area contributed by atoms with E-state index in [4.69, 9.17) is 11.6 Å². The maximum Gasteiger partial charge on any atom is 0.417 e. The molecule has 0 aliphatic heterocycles. The van der Waals surface area contributed by atoms with Gasteiger partial charge in [-0.05, 0) is 37.9 Å². The summed E-state index contributed by atoms with van der Waals surface area (Å²) in [5, 5.41) is 7.57. The van der Waals surface area contributed by atoms with Gasteiger partial charge in [-0.2, -0.15) is 13.2 Å². The van der Waals surface area contributed by atoms with Crippen LogP contribution < -0.4 is 0 Å². The second-order valence-electron chi connectivity index (χ2n) is 3.10. The lowest BCUT2D eigenvalue weighted by Gasteiger charge is -2.08. The summed E-state index contributed by atoms with van der Waals surface area (Å²) in [6.07, 6.45) is -3.82. The molecule has 0 amide bonds. The monoisotopic (exact) mass is 404 g/mol. The molecule has 0 saturated heterocycles. The first-order valence-corrected chi connectivity index (χ1v) is 6.27. The van der Waals surface area contributed by atoms with Gasteiger partial charge in [-0.25, -0.2) is 4.98 Å². The zero-order valence-electron chi connectivity index (χ0n) is 8.21. The summed E-state index contributed by atoms with van der Waals surface area (Å²) in [5.74, 6) is 0.0102. The first kappa shape index (κ1) is 13.8. The van der Waals surface area contributed by atoms with Crippen molar-refractivity contribution in [2.45, 2.75) is 6.18 Å². The first-order chi connectivity index (χ1) is 8.29. The molecular weight excluding hydrogens is 404 g/mol. The quantitative estimate of drug-likeness (QED) is 0.723. The highest BCUT2D eigenvalue weighted by Crippen LogP contribution is 2.32. The average Bonchev–Trinajstić information content (AvgIpc) is 2.57. The van der Waals surface area contributed by atoms with Crippen LogP contribution >= 0.6 is 43.5 Å². The Morgan fingerprint density at radius 1 is 1.17 bits per heavy atom. The minimum Gasteiger partial charge on any atom is -0.234 e. The SMILES string of the molecule is FC(F)(F)c1cnc(-n2nc(Br)c(Br)n2)c(Cl)c1. The molecule has 2 heterocycles. The van der Waals surface area contributed by atoms with Crippen molar-refractivity contribution in [3.8, 4) is 5.82 Å². The third kappa shape index (κ3) is 2.67. The third-order valence-electron chi connectivity index (χ3n) is 1.87. The van der Waals surface area contributed by atoms with E-state index in [-0.39, 0.29) is 10.8 Å². The van der Waals surface area contributed by atoms with Crippen LogP contribution in [0.5, 0.6) is 0 Å². The van der Waals surface area contributed by atoms with Gasteiger partial charge in [0.15, 0.2) is 15.0 Å². The summed E-state index contributed by atoms with van der Waals surface area (Å²) in [7, 11) is 0. The number of aromatic nitrogens is 4. The average molecular weight is 406 g/mol. The molecule has 0 bridgehead atoms. The Labute approximate surface area is 120 Å². The Morgan fingerprint density at radius 3 is 2.17 bits per heavy atom. The topological polar surface area (TPSA) is 43.6 Å². The molecule has 4 nitrogen and oxygen atoms in total. The van der Waals surface area contributed by atoms with Gasteiger partial charge >= 0.3 is 6.18 Å². The highest BCUT2D eigenvalue weighted by molar-refractivity contribution is 9.13. The Morgan fingerprint density at radius 2 is 1.72 bits per heavy atom. The summed E-state index contributed by atoms with van der Waals surface area (Å²) in [6, 6.07) is 0.773. The van der Waals surface area contributed by atoms with Crippen LogP contribution in [-0.2, 0) is 6.18 Å². The maximum absolute atomic E-state index is 12.4. The predicted octanol–water partition coefficient (Wildman–Crippen LogP) is 3.86. The lowest BCUT2D eigenvalue weighted by atomic mass is 10.3. The second kappa shape index (κ2) is 4.78. The number of rotatable bonds is 1. The largest absolute Gasteiger partial charge is 0.417 e. The number of alkyl halides is 3. The zero-order chi connectivity index (χ0) is 13.5. The van der Waals surface area contributed by atoms with E-state index < -0.39 is 11.7 Å². The minimum atomic E-state index is -4.49. The standard InChI is InChI=1S/C8H2Br2ClF3N4/c9-5-6(10)17-18(16-5)7-4(11)1-3(2-15-7)8(12,13)14/h1-2H. The lowest BCUT2D eigenvalue weighted by molar-refractivity contribution is -0.137. The van der Waals surface area contributed by atoms with Gasteiger partial charge < -0.3 is 0 Å². The molecule has 2 rings (SSSR count). The van der Waals surface area contributed by atoms with Crippen LogP contribution in [0.2, 0.25) is 5.02 Å². The molecule has 18 heavy (non-hydrogen) atoms. The molecule has 0 spiro atoms. The highest BCUT2D eigenvalue weighted by atomic mass is 79.9. The van der Waals surface area contributed by atoms with Gasteiger partial charge in [0.25, 0.3) is 0 Å². The van der Waals surface area contributed by atoms with Gasteiger partial charge in [0.2, 0.25) is 0 Å². The predicted molar refractivity (Wildman–Crippen MR) is 64.6 cm³/mol. The van der Waals surface area contributed by atoms with E-state index in [1.807, 2.05) is 0 Å². The third-order valence-corrected chi connectivity index (χ3v) is 3.75. The van der Waals surface area contributed by atoms with Crippen molar-refractivity contribution in [2.24, 2.45) is 0 Å². The van der Waals surface area contributed by atoms with Crippen LogP contribution in [0.3, 0.4) is 0 Å². The molecular formula is C8H2Br2ClF3N4. The van der Waals surface area contributed by atoms with Gasteiger partial charge in [-0.15, -0.1) is 15.0 Å². The molecule has 0 fully saturated rings. The number of pyridine rings is 1. The van der Waals surface area contributed by atoms with Crippen molar-refractivity contribution in [3.63, 3.8) is 0 Å². The Balaban J connectivity index is 2.48. The fraction of sp³-hybridized carbons (Fsp3) is 0.125. The fourth-order valence-corrected chi connectivity index (χ4v) is 1.80. The molecule has 0 aliphatic rings. The van der Waals surface area contributed by atoms with E-state index in [9.17, 15) is 13.2 Å². The molecule has 0 radical (unpaired) electrons. The summed E-state index contributed by atoms with van der Waals surface area (Å²) < 4.78 is 38.0. The maximum atomic E-state index is 12.4. The molecule has 0 unspecified atom stereocenters. The molecule has 2 aromatic heterocycles. The zero-order valence-corrected chi connectivity index (χ0v) is 12.1. The number of hydrogen-bond donors (Lipinski definition) is 0. The summed E-state index contributed by atoms with van der Waals surface area (Å²) >= 11 is 11.9. The van der Waals surface area contributed by atoms with Gasteiger partial charge in [0, 0.05) is 6.20 Å². The summed E-state index contributed by atoms with van der Waals surface area (Å²) in [4.78, 5) is 4.64. The van der Waals surface area contributed by atoms with Gasteiger partial charge in [-0.3, -0.25) is 0 Å². The lowest BCUT2D eigenvalue weighted by Crippen LogP contribution is -2.09. The fourth-order valence-electron chi connectivity index (χ4n) is 1.10. The first-order valence-electron chi connectivity index (χ1n) is 4.30. The van der Waals surface area contributed by atoms with Crippen molar-refractivity contribution in [3.05, 3.63) is 32.1 Å². The van der Waals surface area contributed by atoms with E-state index in [2.05, 4.69) is 47.0 Å². The highest BCUT2D eigenvalue weighted by Gasteiger charge is 2.31. The van der Waals surface area contributed by atoms with Crippen molar-refractivity contribution in [1.29, 1.82) is 0 Å². The normalized spacial score (nSPS) is 11.9. The molecule has 0 aliphatic carbocycles. The molecule has 96 valence electrons. The Kier molecular flexibility index (Phi) is 3.65. The molecule has 2 aromatic rings. The number of halogens is 6. The van der Waals surface area contributed by atoms with Crippen LogP contribution in [-0.4, -0.2) is 20.0 Å². The molecule has 0 saturated carbocycles. The summed E-state index contributed by atoms with van der Waals surface area (Å²) in [6.45, 7) is 0. The van der Waals surface area contributed by atoms with E-state index in [1.165, 1.54) is 0 Å². The van der Waals surface area contributed by atoms with Crippen LogP contribution in [0.4, 0.5) is 13.2 Å². The van der Waals surface area contributed by atoms with Gasteiger partial charge in [0.1, 0.15) is 0 Å². The molecule has 0 N–H and O–H groups in total. The van der Waals surface area contributed by atoms with Crippen molar-refractivity contribution in [1.82, 2.24) is 20.0 Å². The molecule has 0 aromatic carbocycles. The molecule has 10 heteroatoms. The summed E-state index contributed by atoms with van der Waals surface area (Å²) in [5.41, 5.74) is -0.929. The van der Waals surface area contributed by atoms with E-state index in [1.54, 1.807) is 0 Å². The Bertz CT molecular complexity index is 579. The van der Waals surface area contributed by atoms with E-state index in [0.717, 1.165) is 10.9 Å².